The molecule has 0 aliphatic carbocycles. The van der Waals surface area contributed by atoms with E-state index in [2.05, 4.69) is 21.3 Å². The minimum atomic E-state index is -1.32. The Labute approximate surface area is 511 Å². The van der Waals surface area contributed by atoms with Gasteiger partial charge in [0.05, 0.1) is 157 Å². The average molecular weight is 1280 g/mol. The van der Waals surface area contributed by atoms with E-state index >= 15 is 0 Å². The fourth-order valence-corrected chi connectivity index (χ4v) is 8.59. The predicted octanol–water partition coefficient (Wildman–Crippen LogP) is -6.70. The minimum Gasteiger partial charge on any atom is -0.480 e. The van der Waals surface area contributed by atoms with Crippen molar-refractivity contribution < 1.29 is 146 Å². The number of aliphatic hydroxyl groups is 9. The highest BCUT2D eigenvalue weighted by Gasteiger charge is 2.39. The van der Waals surface area contributed by atoms with E-state index in [9.17, 15) is 75.0 Å². The van der Waals surface area contributed by atoms with Gasteiger partial charge < -0.3 is 143 Å². The Hall–Kier alpha value is -3.61. The monoisotopic (exact) mass is 1280 g/mol. The van der Waals surface area contributed by atoms with Gasteiger partial charge in [-0.1, -0.05) is 0 Å². The van der Waals surface area contributed by atoms with Gasteiger partial charge in [-0.15, -0.1) is 0 Å². The molecule has 3 heterocycles. The van der Waals surface area contributed by atoms with E-state index in [1.807, 2.05) is 0 Å². The largest absolute Gasteiger partial charge is 0.480 e. The van der Waals surface area contributed by atoms with Gasteiger partial charge in [-0.2, -0.15) is 0 Å². The maximum Gasteiger partial charge on any atom is 0.326 e. The second-order valence-corrected chi connectivity index (χ2v) is 20.4. The van der Waals surface area contributed by atoms with E-state index < -0.39 is 142 Å². The third-order valence-electron chi connectivity index (χ3n) is 13.4. The molecule has 3 rings (SSSR count). The van der Waals surface area contributed by atoms with Crippen LogP contribution < -0.4 is 21.3 Å². The van der Waals surface area contributed by atoms with E-state index in [0.29, 0.717) is 25.7 Å². The molecular weight excluding hydrogens is 1180 g/mol. The second kappa shape index (κ2) is 49.1. The van der Waals surface area contributed by atoms with Crippen LogP contribution in [0.2, 0.25) is 0 Å². The van der Waals surface area contributed by atoms with Crippen LogP contribution in [0.15, 0.2) is 0 Å². The molecule has 3 saturated heterocycles. The maximum atomic E-state index is 13.5. The van der Waals surface area contributed by atoms with E-state index in [4.69, 9.17) is 71.1 Å². The zero-order chi connectivity index (χ0) is 64.2. The molecule has 0 aromatic heterocycles. The average Bonchev–Trinajstić information content (AvgIpc) is 3.65. The van der Waals surface area contributed by atoms with Crippen LogP contribution in [0.25, 0.3) is 0 Å². The highest BCUT2D eigenvalue weighted by atomic mass is 16.7. The summed E-state index contributed by atoms with van der Waals surface area (Å²) in [6.45, 7) is 1.17. The van der Waals surface area contributed by atoms with Crippen LogP contribution >= 0.6 is 0 Å². The standard InChI is InChI=1S/C54H98N4O30/c59-30-41-50(68)38(62)27-47(86-41)83-24-21-77-12-9-74-15-18-80-33-44(65)55-7-3-1-5-36(57-46(67)35-82-20-17-76-11-14-79-23-26-85-49-29-40(64)52(70)43(32-61)88-49)53(71)58-37(54(72)73)6-2-4-8-56-45(66)34-81-19-16-75-10-13-78-22-25-84-48-28-39(63)51(69)42(31-60)87-48/h36-43,47-52,59-64,68-70H,1-35H2,(H,55,65)(H,56,66)(H,57,67)(H,58,71)(H,72,73). The molecule has 14 unspecified atom stereocenters. The third-order valence-corrected chi connectivity index (χ3v) is 13.4. The predicted molar refractivity (Wildman–Crippen MR) is 298 cm³/mol. The van der Waals surface area contributed by atoms with Crippen LogP contribution in [0.1, 0.15) is 57.8 Å². The van der Waals surface area contributed by atoms with Crippen molar-refractivity contribution in [3.05, 3.63) is 0 Å². The Morgan fingerprint density at radius 3 is 1.00 bits per heavy atom. The molecule has 14 atom stereocenters. The van der Waals surface area contributed by atoms with Gasteiger partial charge in [0.25, 0.3) is 0 Å². The molecule has 0 aromatic rings. The summed E-state index contributed by atoms with van der Waals surface area (Å²) < 4.78 is 81.4. The van der Waals surface area contributed by atoms with Crippen LogP contribution in [0.3, 0.4) is 0 Å². The van der Waals surface area contributed by atoms with Crippen LogP contribution in [-0.4, -0.2) is 338 Å². The van der Waals surface area contributed by atoms with Crippen molar-refractivity contribution in [2.24, 2.45) is 0 Å². The van der Waals surface area contributed by atoms with Gasteiger partial charge >= 0.3 is 5.97 Å². The van der Waals surface area contributed by atoms with Gasteiger partial charge in [0.1, 0.15) is 68.5 Å². The molecule has 0 radical (unpaired) electrons. The summed E-state index contributed by atoms with van der Waals surface area (Å²) in [6, 6.07) is -2.50. The number of rotatable bonds is 53. The topological polar surface area (TPSA) is 474 Å². The van der Waals surface area contributed by atoms with Crippen molar-refractivity contribution in [3.8, 4) is 0 Å². The first-order chi connectivity index (χ1) is 42.6. The number of aliphatic carboxylic acids is 1. The lowest BCUT2D eigenvalue weighted by Gasteiger charge is -2.35. The van der Waals surface area contributed by atoms with E-state index in [1.165, 1.54) is 0 Å². The summed E-state index contributed by atoms with van der Waals surface area (Å²) in [5.41, 5.74) is 0. The summed E-state index contributed by atoms with van der Waals surface area (Å²) in [5, 5.41) is 107. The first kappa shape index (κ1) is 78.6. The van der Waals surface area contributed by atoms with Crippen LogP contribution in [-0.2, 0) is 95.0 Å². The molecule has 0 saturated carbocycles. The normalized spacial score (nSPS) is 25.4. The number of hydrogen-bond donors (Lipinski definition) is 14. The first-order valence-electron chi connectivity index (χ1n) is 29.8. The van der Waals surface area contributed by atoms with Crippen molar-refractivity contribution in [2.75, 3.05) is 172 Å². The Morgan fingerprint density at radius 1 is 0.386 bits per heavy atom. The van der Waals surface area contributed by atoms with E-state index in [-0.39, 0.29) is 177 Å². The maximum absolute atomic E-state index is 13.5. The van der Waals surface area contributed by atoms with Gasteiger partial charge in [0.2, 0.25) is 23.6 Å². The number of carbonyl (C=O) groups excluding carboxylic acids is 4. The van der Waals surface area contributed by atoms with Crippen molar-refractivity contribution in [1.82, 2.24) is 21.3 Å². The third kappa shape index (κ3) is 35.3. The van der Waals surface area contributed by atoms with E-state index in [0.717, 1.165) is 0 Å². The molecule has 0 spiro atoms. The van der Waals surface area contributed by atoms with Gasteiger partial charge in [0, 0.05) is 32.4 Å². The Kier molecular flexibility index (Phi) is 43.9. The van der Waals surface area contributed by atoms with Crippen molar-refractivity contribution in [3.63, 3.8) is 0 Å². The SMILES string of the molecule is O=C(COCCOCCOCCOC1CC(O)C(O)C(CO)O1)NCCCCC(NC(=O)C(CCCCNC(=O)COCCOCCOCCOC1CC(O)C(O)C(CO)O1)NC(=O)COCCOCCOCCOC1CC(O)C(O)C(CO)O1)C(=O)O. The van der Waals surface area contributed by atoms with Crippen molar-refractivity contribution in [1.29, 1.82) is 0 Å². The number of hydrogen-bond acceptors (Lipinski definition) is 29. The lowest BCUT2D eigenvalue weighted by Crippen LogP contribution is -2.52. The van der Waals surface area contributed by atoms with Crippen LogP contribution in [0.5, 0.6) is 0 Å². The summed E-state index contributed by atoms with van der Waals surface area (Å²) in [7, 11) is 0. The summed E-state index contributed by atoms with van der Waals surface area (Å²) in [4.78, 5) is 63.5. The van der Waals surface area contributed by atoms with Gasteiger partial charge in [0.15, 0.2) is 18.9 Å². The number of carboxylic acids is 1. The quantitative estimate of drug-likeness (QED) is 0.0252. The molecule has 3 aliphatic heterocycles. The molecule has 0 aromatic carbocycles. The number of amides is 4. The molecule has 514 valence electrons. The van der Waals surface area contributed by atoms with Crippen LogP contribution in [0.4, 0.5) is 0 Å². The lowest BCUT2D eigenvalue weighted by molar-refractivity contribution is -0.259. The Morgan fingerprint density at radius 2 is 0.682 bits per heavy atom. The molecule has 3 fully saturated rings. The first-order valence-corrected chi connectivity index (χ1v) is 29.8. The number of carbonyl (C=O) groups is 5. The summed E-state index contributed by atoms with van der Waals surface area (Å²) >= 11 is 0. The Balaban J connectivity index is 1.28. The fraction of sp³-hybridized carbons (Fsp3) is 0.907. The van der Waals surface area contributed by atoms with Crippen LogP contribution in [0, 0.1) is 0 Å². The van der Waals surface area contributed by atoms with Gasteiger partial charge in [-0.3, -0.25) is 19.2 Å². The molecule has 14 N–H and O–H groups in total. The number of carboxylic acid groups (broad SMARTS) is 1. The fourth-order valence-electron chi connectivity index (χ4n) is 8.59. The molecule has 88 heavy (non-hydrogen) atoms. The zero-order valence-electron chi connectivity index (χ0n) is 50.0. The van der Waals surface area contributed by atoms with Gasteiger partial charge in [-0.05, 0) is 38.5 Å². The molecule has 0 bridgehead atoms. The second-order valence-electron chi connectivity index (χ2n) is 20.4. The van der Waals surface area contributed by atoms with Crippen molar-refractivity contribution in [2.45, 2.75) is 144 Å². The minimum absolute atomic E-state index is 0.00812. The highest BCUT2D eigenvalue weighted by Crippen LogP contribution is 2.23. The lowest BCUT2D eigenvalue weighted by atomic mass is 10.0. The molecule has 34 heteroatoms. The Bertz CT molecular complexity index is 1840. The smallest absolute Gasteiger partial charge is 0.326 e. The molecule has 3 aliphatic rings. The van der Waals surface area contributed by atoms with Crippen molar-refractivity contribution >= 4 is 29.6 Å². The zero-order valence-corrected chi connectivity index (χ0v) is 50.0. The molecular formula is C54H98N4O30. The summed E-state index contributed by atoms with van der Waals surface area (Å²) in [5.74, 6) is -3.51. The summed E-state index contributed by atoms with van der Waals surface area (Å²) in [6.07, 6.45) is -10.5. The number of aliphatic hydroxyl groups excluding tert-OH is 9. The molecule has 34 nitrogen and oxygen atoms in total. The van der Waals surface area contributed by atoms with Gasteiger partial charge in [-0.25, -0.2) is 4.79 Å². The molecule has 4 amide bonds. The van der Waals surface area contributed by atoms with E-state index in [1.54, 1.807) is 0 Å². The number of ether oxygens (including phenoxy) is 15. The number of unbranched alkanes of at least 4 members (excludes halogenated alkanes) is 2. The highest BCUT2D eigenvalue weighted by molar-refractivity contribution is 5.90. The number of nitrogens with one attached hydrogen (secondary N) is 4.